The van der Waals surface area contributed by atoms with E-state index in [0.717, 1.165) is 50.2 Å². The third-order valence-electron chi connectivity index (χ3n) is 5.28. The summed E-state index contributed by atoms with van der Waals surface area (Å²) >= 11 is 0. The molecule has 150 valence electrons. The topological polar surface area (TPSA) is 23.6 Å². The van der Waals surface area contributed by atoms with Crippen LogP contribution in [0.1, 0.15) is 35.6 Å². The minimum absolute atomic E-state index is 0.0518. The predicted molar refractivity (Wildman–Crippen MR) is 103 cm³/mol. The highest BCUT2D eigenvalue weighted by molar-refractivity contribution is 5.79. The molecule has 1 saturated heterocycles. The number of benzene rings is 2. The number of carbonyl (C=O) groups excluding carboxylic acids is 1. The van der Waals surface area contributed by atoms with E-state index in [1.54, 1.807) is 18.0 Å². The zero-order valence-electron chi connectivity index (χ0n) is 16.0. The first-order valence-corrected chi connectivity index (χ1v) is 9.53. The summed E-state index contributed by atoms with van der Waals surface area (Å²) in [6, 6.07) is 14.7. The molecule has 3 nitrogen and oxygen atoms in total. The second kappa shape index (κ2) is 8.78. The van der Waals surface area contributed by atoms with E-state index < -0.39 is 11.7 Å². The van der Waals surface area contributed by atoms with Crippen molar-refractivity contribution in [2.24, 2.45) is 0 Å². The lowest BCUT2D eigenvalue weighted by molar-refractivity contribution is -0.138. The van der Waals surface area contributed by atoms with Crippen LogP contribution in [0.15, 0.2) is 54.6 Å². The lowest BCUT2D eigenvalue weighted by Crippen LogP contribution is -2.39. The molecule has 28 heavy (non-hydrogen) atoms. The monoisotopic (exact) mass is 390 g/mol. The van der Waals surface area contributed by atoms with Gasteiger partial charge in [0.05, 0.1) is 18.0 Å². The van der Waals surface area contributed by atoms with E-state index in [2.05, 4.69) is 4.90 Å². The lowest BCUT2D eigenvalue weighted by Gasteiger charge is -2.32. The van der Waals surface area contributed by atoms with E-state index in [9.17, 15) is 18.0 Å². The molecule has 1 fully saturated rings. The van der Waals surface area contributed by atoms with Gasteiger partial charge in [0.2, 0.25) is 5.91 Å². The van der Waals surface area contributed by atoms with E-state index >= 15 is 0 Å². The Labute approximate surface area is 163 Å². The molecule has 1 heterocycles. The summed E-state index contributed by atoms with van der Waals surface area (Å²) in [5.74, 6) is -0.188. The van der Waals surface area contributed by atoms with Gasteiger partial charge in [0.25, 0.3) is 0 Å². The summed E-state index contributed by atoms with van der Waals surface area (Å²) in [5, 5.41) is 0. The summed E-state index contributed by atoms with van der Waals surface area (Å²) < 4.78 is 38.8. The highest BCUT2D eigenvalue weighted by atomic mass is 19.4. The Morgan fingerprint density at radius 1 is 1.07 bits per heavy atom. The van der Waals surface area contributed by atoms with Crippen molar-refractivity contribution >= 4 is 5.91 Å². The van der Waals surface area contributed by atoms with Crippen LogP contribution in [-0.2, 0) is 17.4 Å². The van der Waals surface area contributed by atoms with Crippen LogP contribution < -0.4 is 0 Å². The average Bonchev–Trinajstić information content (AvgIpc) is 3.19. The molecule has 0 bridgehead atoms. The third kappa shape index (κ3) is 5.13. The van der Waals surface area contributed by atoms with Gasteiger partial charge in [-0.25, -0.2) is 0 Å². The van der Waals surface area contributed by atoms with Gasteiger partial charge < -0.3 is 9.80 Å². The van der Waals surface area contributed by atoms with Crippen LogP contribution in [0.4, 0.5) is 13.2 Å². The van der Waals surface area contributed by atoms with Gasteiger partial charge in [0.1, 0.15) is 0 Å². The predicted octanol–water partition coefficient (Wildman–Crippen LogP) is 4.54. The van der Waals surface area contributed by atoms with E-state index in [-0.39, 0.29) is 18.4 Å². The molecule has 0 unspecified atom stereocenters. The van der Waals surface area contributed by atoms with E-state index in [4.69, 9.17) is 0 Å². The van der Waals surface area contributed by atoms with Gasteiger partial charge in [-0.05, 0) is 43.1 Å². The molecule has 0 aliphatic carbocycles. The molecule has 6 heteroatoms. The number of likely N-dealkylation sites (N-methyl/N-ethyl adjacent to an activating group) is 1. The maximum Gasteiger partial charge on any atom is 0.416 e. The van der Waals surface area contributed by atoms with Crippen molar-refractivity contribution in [3.05, 3.63) is 71.3 Å². The number of hydrogen-bond acceptors (Lipinski definition) is 2. The number of hydrogen-bond donors (Lipinski definition) is 0. The molecule has 1 aliphatic rings. The maximum absolute atomic E-state index is 12.9. The highest BCUT2D eigenvalue weighted by Gasteiger charge is 2.31. The fourth-order valence-corrected chi connectivity index (χ4v) is 3.67. The second-order valence-corrected chi connectivity index (χ2v) is 7.31. The van der Waals surface area contributed by atoms with Crippen molar-refractivity contribution in [1.82, 2.24) is 9.80 Å². The normalized spacial score (nSPS) is 16.1. The standard InChI is InChI=1S/C22H25F3N2O/c1-26(21(28)15-17-8-7-11-19(14-17)22(23,24)25)20(16-27-12-5-6-13-27)18-9-3-2-4-10-18/h2-4,7-11,14,20H,5-6,12-13,15-16H2,1H3/t20-/m1/s1. The minimum atomic E-state index is -4.41. The van der Waals surface area contributed by atoms with Crippen molar-refractivity contribution < 1.29 is 18.0 Å². The largest absolute Gasteiger partial charge is 0.416 e. The number of halogens is 3. The first-order valence-electron chi connectivity index (χ1n) is 9.53. The quantitative estimate of drug-likeness (QED) is 0.723. The minimum Gasteiger partial charge on any atom is -0.337 e. The number of nitrogens with zero attached hydrogens (tertiary/aromatic N) is 2. The number of amides is 1. The molecule has 3 rings (SSSR count). The van der Waals surface area contributed by atoms with Crippen molar-refractivity contribution in [1.29, 1.82) is 0 Å². The number of alkyl halides is 3. The molecule has 1 atom stereocenters. The molecule has 0 saturated carbocycles. The first kappa shape index (κ1) is 20.4. The van der Waals surface area contributed by atoms with Crippen LogP contribution in [-0.4, -0.2) is 42.4 Å². The Morgan fingerprint density at radius 3 is 2.39 bits per heavy atom. The summed E-state index contributed by atoms with van der Waals surface area (Å²) in [4.78, 5) is 16.9. The van der Waals surface area contributed by atoms with Crippen LogP contribution in [0, 0.1) is 0 Å². The molecule has 0 N–H and O–H groups in total. The number of likely N-dealkylation sites (tertiary alicyclic amines) is 1. The van der Waals surface area contributed by atoms with Crippen LogP contribution in [0.25, 0.3) is 0 Å². The number of carbonyl (C=O) groups is 1. The number of rotatable bonds is 6. The molecule has 2 aromatic carbocycles. The van der Waals surface area contributed by atoms with Crippen LogP contribution >= 0.6 is 0 Å². The van der Waals surface area contributed by atoms with Gasteiger partial charge in [-0.2, -0.15) is 13.2 Å². The molecule has 0 aromatic heterocycles. The van der Waals surface area contributed by atoms with E-state index in [1.807, 2.05) is 30.3 Å². The Balaban J connectivity index is 1.76. The SMILES string of the molecule is CN(C(=O)Cc1cccc(C(F)(F)F)c1)[C@H](CN1CCCC1)c1ccccc1. The summed E-state index contributed by atoms with van der Waals surface area (Å²) in [6.07, 6.45) is -2.15. The van der Waals surface area contributed by atoms with Crippen molar-refractivity contribution in [3.8, 4) is 0 Å². The van der Waals surface area contributed by atoms with Crippen molar-refractivity contribution in [2.75, 3.05) is 26.7 Å². The van der Waals surface area contributed by atoms with Gasteiger partial charge in [0.15, 0.2) is 0 Å². The van der Waals surface area contributed by atoms with Gasteiger partial charge >= 0.3 is 6.18 Å². The Bertz CT molecular complexity index is 786. The first-order chi connectivity index (χ1) is 13.3. The lowest BCUT2D eigenvalue weighted by atomic mass is 10.0. The van der Waals surface area contributed by atoms with Gasteiger partial charge in [-0.15, -0.1) is 0 Å². The molecule has 0 radical (unpaired) electrons. The molecule has 1 amide bonds. The van der Waals surface area contributed by atoms with Crippen LogP contribution in [0.5, 0.6) is 0 Å². The second-order valence-electron chi connectivity index (χ2n) is 7.31. The molecule has 2 aromatic rings. The molecular weight excluding hydrogens is 365 g/mol. The maximum atomic E-state index is 12.9. The fourth-order valence-electron chi connectivity index (χ4n) is 3.67. The Morgan fingerprint density at radius 2 is 1.75 bits per heavy atom. The summed E-state index contributed by atoms with van der Waals surface area (Å²) in [5.41, 5.74) is 0.686. The smallest absolute Gasteiger partial charge is 0.337 e. The third-order valence-corrected chi connectivity index (χ3v) is 5.28. The average molecular weight is 390 g/mol. The van der Waals surface area contributed by atoms with Gasteiger partial charge in [-0.1, -0.05) is 48.5 Å². The zero-order valence-corrected chi connectivity index (χ0v) is 16.0. The van der Waals surface area contributed by atoms with Gasteiger partial charge in [0, 0.05) is 13.6 Å². The van der Waals surface area contributed by atoms with Crippen molar-refractivity contribution in [3.63, 3.8) is 0 Å². The van der Waals surface area contributed by atoms with Gasteiger partial charge in [-0.3, -0.25) is 4.79 Å². The summed E-state index contributed by atoms with van der Waals surface area (Å²) in [6.45, 7) is 2.76. The Kier molecular flexibility index (Phi) is 6.39. The fraction of sp³-hybridized carbons (Fsp3) is 0.409. The van der Waals surface area contributed by atoms with Crippen LogP contribution in [0.2, 0.25) is 0 Å². The van der Waals surface area contributed by atoms with E-state index in [0.29, 0.717) is 5.56 Å². The highest BCUT2D eigenvalue weighted by Crippen LogP contribution is 2.30. The molecule has 0 spiro atoms. The summed E-state index contributed by atoms with van der Waals surface area (Å²) in [7, 11) is 1.74. The van der Waals surface area contributed by atoms with E-state index in [1.165, 1.54) is 6.07 Å². The Hall–Kier alpha value is -2.34. The molecular formula is C22H25F3N2O. The zero-order chi connectivity index (χ0) is 20.1. The molecule has 1 aliphatic heterocycles. The van der Waals surface area contributed by atoms with Crippen LogP contribution in [0.3, 0.4) is 0 Å². The van der Waals surface area contributed by atoms with Crippen molar-refractivity contribution in [2.45, 2.75) is 31.5 Å².